The van der Waals surface area contributed by atoms with Gasteiger partial charge >= 0.3 is 0 Å². The summed E-state index contributed by atoms with van der Waals surface area (Å²) in [6.07, 6.45) is 0. The second-order valence-electron chi connectivity index (χ2n) is 5.77. The fourth-order valence-corrected chi connectivity index (χ4v) is 2.36. The molecule has 2 aromatic heterocycles. The van der Waals surface area contributed by atoms with Crippen LogP contribution in [0.3, 0.4) is 0 Å². The van der Waals surface area contributed by atoms with Crippen molar-refractivity contribution in [3.8, 4) is 0 Å². The molecule has 0 aromatic carbocycles. The molecule has 0 spiro atoms. The summed E-state index contributed by atoms with van der Waals surface area (Å²) in [6, 6.07) is 11.4. The molecule has 0 fully saturated rings. The Morgan fingerprint density at radius 2 is 1.52 bits per heavy atom. The predicted molar refractivity (Wildman–Crippen MR) is 94.3 cm³/mol. The molecular formula is C18H23N5O2. The number of nitrogens with zero attached hydrogens (tertiary/aromatic N) is 3. The van der Waals surface area contributed by atoms with Crippen LogP contribution in [-0.4, -0.2) is 39.8 Å². The quantitative estimate of drug-likeness (QED) is 0.772. The summed E-state index contributed by atoms with van der Waals surface area (Å²) < 4.78 is 0. The van der Waals surface area contributed by atoms with Gasteiger partial charge in [-0.1, -0.05) is 12.1 Å². The number of aromatic nitrogens is 2. The van der Waals surface area contributed by atoms with Gasteiger partial charge in [-0.3, -0.25) is 19.6 Å². The van der Waals surface area contributed by atoms with Gasteiger partial charge in [-0.05, 0) is 38.1 Å². The number of aryl methyl sites for hydroxylation is 2. The van der Waals surface area contributed by atoms with Crippen LogP contribution in [0.4, 0.5) is 0 Å². The highest BCUT2D eigenvalue weighted by Gasteiger charge is 2.16. The minimum Gasteiger partial charge on any atom is -0.346 e. The van der Waals surface area contributed by atoms with Gasteiger partial charge in [0.25, 0.3) is 0 Å². The number of carbonyl (C=O) groups is 2. The monoisotopic (exact) mass is 341 g/mol. The fraction of sp³-hybridized carbons (Fsp3) is 0.333. The maximum atomic E-state index is 12.6. The van der Waals surface area contributed by atoms with Crippen molar-refractivity contribution in [2.45, 2.75) is 26.9 Å². The molecule has 2 heterocycles. The lowest BCUT2D eigenvalue weighted by molar-refractivity contribution is -0.133. The topological polar surface area (TPSA) is 101 Å². The first kappa shape index (κ1) is 18.5. The van der Waals surface area contributed by atoms with Gasteiger partial charge in [0.15, 0.2) is 0 Å². The smallest absolute Gasteiger partial charge is 0.242 e. The number of carbonyl (C=O) groups excluding carboxylic acids is 2. The van der Waals surface area contributed by atoms with Crippen molar-refractivity contribution < 1.29 is 9.59 Å². The molecule has 0 radical (unpaired) electrons. The molecular weight excluding hydrogens is 318 g/mol. The van der Waals surface area contributed by atoms with E-state index in [0.29, 0.717) is 13.1 Å². The molecule has 7 heteroatoms. The average molecular weight is 341 g/mol. The van der Waals surface area contributed by atoms with Crippen molar-refractivity contribution in [2.24, 2.45) is 5.73 Å². The van der Waals surface area contributed by atoms with E-state index in [2.05, 4.69) is 15.3 Å². The molecule has 2 aromatic rings. The Labute approximate surface area is 147 Å². The predicted octanol–water partition coefficient (Wildman–Crippen LogP) is 0.697. The molecule has 7 nitrogen and oxygen atoms in total. The minimum absolute atomic E-state index is 0.104. The highest BCUT2D eigenvalue weighted by atomic mass is 16.2. The molecule has 0 bridgehead atoms. The number of hydrogen-bond donors (Lipinski definition) is 2. The molecule has 2 rings (SSSR count). The zero-order valence-corrected chi connectivity index (χ0v) is 14.5. The van der Waals surface area contributed by atoms with Gasteiger partial charge in [-0.25, -0.2) is 0 Å². The SMILES string of the molecule is Cc1cccc(CN(Cc2cccc(C)n2)C(=O)CNC(=O)CN)n1. The van der Waals surface area contributed by atoms with Crippen LogP contribution >= 0.6 is 0 Å². The largest absolute Gasteiger partial charge is 0.346 e. The third-order valence-corrected chi connectivity index (χ3v) is 3.57. The van der Waals surface area contributed by atoms with Crippen molar-refractivity contribution >= 4 is 11.8 Å². The highest BCUT2D eigenvalue weighted by molar-refractivity contribution is 5.85. The van der Waals surface area contributed by atoms with Gasteiger partial charge in [-0.2, -0.15) is 0 Å². The summed E-state index contributed by atoms with van der Waals surface area (Å²) >= 11 is 0. The summed E-state index contributed by atoms with van der Waals surface area (Å²) in [4.78, 5) is 34.4. The maximum absolute atomic E-state index is 12.6. The van der Waals surface area contributed by atoms with Crippen molar-refractivity contribution in [3.63, 3.8) is 0 Å². The highest BCUT2D eigenvalue weighted by Crippen LogP contribution is 2.09. The van der Waals surface area contributed by atoms with Crippen molar-refractivity contribution in [2.75, 3.05) is 13.1 Å². The van der Waals surface area contributed by atoms with E-state index in [0.717, 1.165) is 22.8 Å². The Morgan fingerprint density at radius 3 is 1.96 bits per heavy atom. The summed E-state index contributed by atoms with van der Waals surface area (Å²) in [5.74, 6) is -0.580. The van der Waals surface area contributed by atoms with E-state index in [4.69, 9.17) is 5.73 Å². The number of nitrogens with two attached hydrogens (primary N) is 1. The fourth-order valence-electron chi connectivity index (χ4n) is 2.36. The molecule has 0 aliphatic carbocycles. The van der Waals surface area contributed by atoms with E-state index in [1.807, 2.05) is 50.2 Å². The van der Waals surface area contributed by atoms with Gasteiger partial charge in [0, 0.05) is 11.4 Å². The lowest BCUT2D eigenvalue weighted by Crippen LogP contribution is -2.41. The first-order valence-corrected chi connectivity index (χ1v) is 8.07. The molecule has 0 aliphatic heterocycles. The second-order valence-corrected chi connectivity index (χ2v) is 5.77. The second kappa shape index (κ2) is 8.89. The third-order valence-electron chi connectivity index (χ3n) is 3.57. The number of pyridine rings is 2. The van der Waals surface area contributed by atoms with Crippen LogP contribution in [0.5, 0.6) is 0 Å². The van der Waals surface area contributed by atoms with E-state index in [1.165, 1.54) is 0 Å². The molecule has 0 saturated carbocycles. The van der Waals surface area contributed by atoms with Crippen molar-refractivity contribution in [1.82, 2.24) is 20.2 Å². The Balaban J connectivity index is 2.14. The normalized spacial score (nSPS) is 10.4. The molecule has 132 valence electrons. The van der Waals surface area contributed by atoms with Crippen LogP contribution in [0.1, 0.15) is 22.8 Å². The van der Waals surface area contributed by atoms with E-state index < -0.39 is 0 Å². The molecule has 25 heavy (non-hydrogen) atoms. The van der Waals surface area contributed by atoms with Crippen LogP contribution in [-0.2, 0) is 22.7 Å². The molecule has 0 atom stereocenters. The number of hydrogen-bond acceptors (Lipinski definition) is 5. The van der Waals surface area contributed by atoms with Gasteiger partial charge < -0.3 is 16.0 Å². The van der Waals surface area contributed by atoms with Crippen molar-refractivity contribution in [1.29, 1.82) is 0 Å². The molecule has 2 amide bonds. The van der Waals surface area contributed by atoms with Gasteiger partial charge in [-0.15, -0.1) is 0 Å². The van der Waals surface area contributed by atoms with E-state index >= 15 is 0 Å². The van der Waals surface area contributed by atoms with Crippen LogP contribution in [0.15, 0.2) is 36.4 Å². The number of amides is 2. The maximum Gasteiger partial charge on any atom is 0.242 e. The third kappa shape index (κ3) is 5.96. The summed E-state index contributed by atoms with van der Waals surface area (Å²) in [6.45, 7) is 4.24. The van der Waals surface area contributed by atoms with Crippen molar-refractivity contribution in [3.05, 3.63) is 59.2 Å². The standard InChI is InChI=1S/C18H23N5O2/c1-13-5-3-7-15(21-13)11-23(18(25)10-20-17(24)9-19)12-16-8-4-6-14(2)22-16/h3-8H,9-12,19H2,1-2H3,(H,20,24). The Bertz CT molecular complexity index is 700. The minimum atomic E-state index is -0.365. The molecule has 3 N–H and O–H groups in total. The summed E-state index contributed by atoms with van der Waals surface area (Å²) in [5, 5.41) is 2.51. The Morgan fingerprint density at radius 1 is 1.00 bits per heavy atom. The van der Waals surface area contributed by atoms with Crippen LogP contribution in [0.2, 0.25) is 0 Å². The molecule has 0 unspecified atom stereocenters. The summed E-state index contributed by atoms with van der Waals surface area (Å²) in [7, 11) is 0. The lowest BCUT2D eigenvalue weighted by atomic mass is 10.2. The number of rotatable bonds is 7. The zero-order chi connectivity index (χ0) is 18.2. The first-order chi connectivity index (χ1) is 12.0. The molecule has 0 aliphatic rings. The number of nitrogens with one attached hydrogen (secondary N) is 1. The van der Waals surface area contributed by atoms with E-state index in [1.54, 1.807) is 4.90 Å². The van der Waals surface area contributed by atoms with Crippen LogP contribution < -0.4 is 11.1 Å². The zero-order valence-electron chi connectivity index (χ0n) is 14.5. The Hall–Kier alpha value is -2.80. The Kier molecular flexibility index (Phi) is 6.59. The van der Waals surface area contributed by atoms with Gasteiger partial charge in [0.2, 0.25) is 11.8 Å². The van der Waals surface area contributed by atoms with Crippen LogP contribution in [0.25, 0.3) is 0 Å². The molecule has 0 saturated heterocycles. The van der Waals surface area contributed by atoms with E-state index in [9.17, 15) is 9.59 Å². The summed E-state index contributed by atoms with van der Waals surface area (Å²) in [5.41, 5.74) is 8.59. The first-order valence-electron chi connectivity index (χ1n) is 8.07. The van der Waals surface area contributed by atoms with Gasteiger partial charge in [0.1, 0.15) is 0 Å². The van der Waals surface area contributed by atoms with Gasteiger partial charge in [0.05, 0.1) is 37.6 Å². The lowest BCUT2D eigenvalue weighted by Gasteiger charge is -2.22. The van der Waals surface area contributed by atoms with E-state index in [-0.39, 0.29) is 24.9 Å². The average Bonchev–Trinajstić information content (AvgIpc) is 2.59. The van der Waals surface area contributed by atoms with Crippen LogP contribution in [0, 0.1) is 13.8 Å².